The van der Waals surface area contributed by atoms with E-state index in [4.69, 9.17) is 4.74 Å². The fourth-order valence-electron chi connectivity index (χ4n) is 1.58. The van der Waals surface area contributed by atoms with Gasteiger partial charge in [-0.15, -0.1) is 0 Å². The molecule has 0 heterocycles. The number of hydrogen-bond acceptors (Lipinski definition) is 3. The van der Waals surface area contributed by atoms with E-state index in [9.17, 15) is 9.90 Å². The van der Waals surface area contributed by atoms with Crippen molar-refractivity contribution in [2.24, 2.45) is 0 Å². The molecule has 0 spiro atoms. The SMILES string of the molecule is CCCCCCCCCCOC(=O)C(C)(C)O. The number of carbonyl (C=O) groups is 1. The zero-order chi connectivity index (χ0) is 13.1. The third kappa shape index (κ3) is 10.3. The van der Waals surface area contributed by atoms with Crippen molar-refractivity contribution in [2.45, 2.75) is 77.7 Å². The summed E-state index contributed by atoms with van der Waals surface area (Å²) in [5.41, 5.74) is -1.36. The van der Waals surface area contributed by atoms with Crippen LogP contribution in [-0.4, -0.2) is 23.3 Å². The summed E-state index contributed by atoms with van der Waals surface area (Å²) >= 11 is 0. The summed E-state index contributed by atoms with van der Waals surface area (Å²) < 4.78 is 4.96. The maximum Gasteiger partial charge on any atom is 0.337 e. The molecule has 0 saturated heterocycles. The van der Waals surface area contributed by atoms with Crippen LogP contribution in [-0.2, 0) is 9.53 Å². The molecule has 0 aliphatic heterocycles. The highest BCUT2D eigenvalue weighted by Gasteiger charge is 2.25. The number of unbranched alkanes of at least 4 members (excludes halogenated alkanes) is 7. The van der Waals surface area contributed by atoms with E-state index >= 15 is 0 Å². The number of rotatable bonds is 10. The van der Waals surface area contributed by atoms with Crippen LogP contribution >= 0.6 is 0 Å². The van der Waals surface area contributed by atoms with Crippen LogP contribution in [0.4, 0.5) is 0 Å². The molecule has 0 aromatic heterocycles. The van der Waals surface area contributed by atoms with Gasteiger partial charge in [0.2, 0.25) is 0 Å². The van der Waals surface area contributed by atoms with Gasteiger partial charge in [0.15, 0.2) is 5.60 Å². The Kier molecular flexibility index (Phi) is 9.14. The monoisotopic (exact) mass is 244 g/mol. The third-order valence-corrected chi connectivity index (χ3v) is 2.73. The summed E-state index contributed by atoms with van der Waals surface area (Å²) in [7, 11) is 0. The first-order chi connectivity index (χ1) is 7.98. The van der Waals surface area contributed by atoms with Gasteiger partial charge in [0.1, 0.15) is 0 Å². The fourth-order valence-corrected chi connectivity index (χ4v) is 1.58. The molecule has 0 bridgehead atoms. The Bertz CT molecular complexity index is 194. The Balaban J connectivity index is 3.22. The summed E-state index contributed by atoms with van der Waals surface area (Å²) in [5.74, 6) is -0.527. The molecule has 0 radical (unpaired) electrons. The Labute approximate surface area is 106 Å². The Morgan fingerprint density at radius 2 is 1.47 bits per heavy atom. The van der Waals surface area contributed by atoms with E-state index in [-0.39, 0.29) is 0 Å². The molecular weight excluding hydrogens is 216 g/mol. The van der Waals surface area contributed by atoms with Crippen molar-refractivity contribution < 1.29 is 14.6 Å². The molecule has 0 fully saturated rings. The van der Waals surface area contributed by atoms with E-state index in [2.05, 4.69) is 6.92 Å². The molecule has 0 rings (SSSR count). The van der Waals surface area contributed by atoms with Gasteiger partial charge in [-0.2, -0.15) is 0 Å². The zero-order valence-electron chi connectivity index (χ0n) is 11.6. The molecule has 0 atom stereocenters. The zero-order valence-corrected chi connectivity index (χ0v) is 11.6. The van der Waals surface area contributed by atoms with Crippen LogP contribution in [0.25, 0.3) is 0 Å². The van der Waals surface area contributed by atoms with Crippen LogP contribution in [0.3, 0.4) is 0 Å². The highest BCUT2D eigenvalue weighted by atomic mass is 16.5. The molecule has 0 amide bonds. The van der Waals surface area contributed by atoms with Crippen LogP contribution in [0.15, 0.2) is 0 Å². The van der Waals surface area contributed by atoms with Crippen molar-refractivity contribution in [1.29, 1.82) is 0 Å². The summed E-state index contributed by atoms with van der Waals surface area (Å²) in [4.78, 5) is 11.2. The van der Waals surface area contributed by atoms with Crippen LogP contribution in [0.5, 0.6) is 0 Å². The van der Waals surface area contributed by atoms with Gasteiger partial charge in [0.25, 0.3) is 0 Å². The molecule has 102 valence electrons. The predicted molar refractivity (Wildman–Crippen MR) is 69.9 cm³/mol. The minimum atomic E-state index is -1.36. The average Bonchev–Trinajstić information content (AvgIpc) is 2.25. The van der Waals surface area contributed by atoms with Crippen molar-refractivity contribution in [2.75, 3.05) is 6.61 Å². The highest BCUT2D eigenvalue weighted by Crippen LogP contribution is 2.09. The van der Waals surface area contributed by atoms with Gasteiger partial charge in [-0.3, -0.25) is 0 Å². The minimum Gasteiger partial charge on any atom is -0.464 e. The Morgan fingerprint density at radius 3 is 1.94 bits per heavy atom. The van der Waals surface area contributed by atoms with E-state index in [1.165, 1.54) is 52.4 Å². The van der Waals surface area contributed by atoms with Gasteiger partial charge in [0.05, 0.1) is 6.61 Å². The highest BCUT2D eigenvalue weighted by molar-refractivity contribution is 5.78. The maximum absolute atomic E-state index is 11.2. The Hall–Kier alpha value is -0.570. The number of aliphatic hydroxyl groups is 1. The number of esters is 1. The van der Waals surface area contributed by atoms with E-state index in [1.54, 1.807) is 0 Å². The van der Waals surface area contributed by atoms with Crippen LogP contribution in [0, 0.1) is 0 Å². The van der Waals surface area contributed by atoms with E-state index in [0.29, 0.717) is 6.61 Å². The first kappa shape index (κ1) is 16.4. The van der Waals surface area contributed by atoms with Crippen molar-refractivity contribution >= 4 is 5.97 Å². The van der Waals surface area contributed by atoms with Crippen LogP contribution in [0.1, 0.15) is 72.1 Å². The van der Waals surface area contributed by atoms with E-state index in [1.807, 2.05) is 0 Å². The Morgan fingerprint density at radius 1 is 1.00 bits per heavy atom. The van der Waals surface area contributed by atoms with Crippen molar-refractivity contribution in [3.63, 3.8) is 0 Å². The molecule has 0 aromatic rings. The van der Waals surface area contributed by atoms with Crippen LogP contribution in [0.2, 0.25) is 0 Å². The molecule has 0 saturated carbocycles. The predicted octanol–water partition coefficient (Wildman–Crippen LogP) is 3.44. The number of ether oxygens (including phenoxy) is 1. The van der Waals surface area contributed by atoms with Crippen molar-refractivity contribution in [3.05, 3.63) is 0 Å². The van der Waals surface area contributed by atoms with Crippen molar-refractivity contribution in [1.82, 2.24) is 0 Å². The maximum atomic E-state index is 11.2. The summed E-state index contributed by atoms with van der Waals surface area (Å²) in [6.45, 7) is 5.54. The lowest BCUT2D eigenvalue weighted by atomic mass is 10.1. The topological polar surface area (TPSA) is 46.5 Å². The summed E-state index contributed by atoms with van der Waals surface area (Å²) in [5, 5.41) is 9.33. The molecule has 1 N–H and O–H groups in total. The van der Waals surface area contributed by atoms with Gasteiger partial charge >= 0.3 is 5.97 Å². The van der Waals surface area contributed by atoms with Crippen LogP contribution < -0.4 is 0 Å². The molecule has 0 unspecified atom stereocenters. The molecule has 0 aliphatic carbocycles. The second-order valence-electron chi connectivity index (χ2n) is 5.17. The number of hydrogen-bond donors (Lipinski definition) is 1. The smallest absolute Gasteiger partial charge is 0.337 e. The second-order valence-corrected chi connectivity index (χ2v) is 5.17. The molecule has 0 aliphatic rings. The van der Waals surface area contributed by atoms with E-state index in [0.717, 1.165) is 12.8 Å². The molecule has 3 heteroatoms. The lowest BCUT2D eigenvalue weighted by Gasteiger charge is -2.15. The third-order valence-electron chi connectivity index (χ3n) is 2.73. The van der Waals surface area contributed by atoms with Gasteiger partial charge in [-0.25, -0.2) is 4.79 Å². The average molecular weight is 244 g/mol. The minimum absolute atomic E-state index is 0.428. The lowest BCUT2D eigenvalue weighted by Crippen LogP contribution is -2.33. The van der Waals surface area contributed by atoms with Gasteiger partial charge in [-0.1, -0.05) is 51.9 Å². The second kappa shape index (κ2) is 9.46. The molecule has 0 aromatic carbocycles. The van der Waals surface area contributed by atoms with Gasteiger partial charge in [0, 0.05) is 0 Å². The fraction of sp³-hybridized carbons (Fsp3) is 0.929. The molecule has 3 nitrogen and oxygen atoms in total. The normalized spacial score (nSPS) is 11.5. The molecule has 17 heavy (non-hydrogen) atoms. The standard InChI is InChI=1S/C14H28O3/c1-4-5-6-7-8-9-10-11-12-17-13(15)14(2,3)16/h16H,4-12H2,1-3H3. The van der Waals surface area contributed by atoms with Crippen molar-refractivity contribution in [3.8, 4) is 0 Å². The summed E-state index contributed by atoms with van der Waals surface area (Å²) in [6.07, 6.45) is 9.77. The largest absolute Gasteiger partial charge is 0.464 e. The quantitative estimate of drug-likeness (QED) is 0.473. The van der Waals surface area contributed by atoms with Gasteiger partial charge < -0.3 is 9.84 Å². The van der Waals surface area contributed by atoms with Gasteiger partial charge in [-0.05, 0) is 20.3 Å². The summed E-state index contributed by atoms with van der Waals surface area (Å²) in [6, 6.07) is 0. The lowest BCUT2D eigenvalue weighted by molar-refractivity contribution is -0.161. The first-order valence-corrected chi connectivity index (χ1v) is 6.88. The van der Waals surface area contributed by atoms with E-state index < -0.39 is 11.6 Å². The molecular formula is C14H28O3. The first-order valence-electron chi connectivity index (χ1n) is 6.88. The number of carbonyl (C=O) groups excluding carboxylic acids is 1.